The molecule has 3 aliphatic carbocycles. The van der Waals surface area contributed by atoms with Gasteiger partial charge in [0.15, 0.2) is 0 Å². The maximum atomic E-state index is 12.4. The number of aryl methyl sites for hydroxylation is 2. The molecule has 0 spiro atoms. The van der Waals surface area contributed by atoms with Crippen molar-refractivity contribution in [3.63, 3.8) is 0 Å². The average Bonchev–Trinajstić information content (AvgIpc) is 1.66. The Kier molecular flexibility index (Phi) is 44.5. The van der Waals surface area contributed by atoms with Crippen LogP contribution in [0.5, 0.6) is 46.0 Å². The zero-order chi connectivity index (χ0) is 89.0. The molecule has 0 radical (unpaired) electrons. The standard InChI is InChI=1S/C23H25NO4.C17H15NO3.C16H13NO4.C15H23NO2.C10H9NO3.C7H8O.C7H14O.C2H6O.C2H5O.Na/c25-22-20-11-4-5-12-21(20)23(26)24(22)13-14-27-18-9-6-10-19(15-18)28-16-17-7-2-1-3-8-17;1-12-5-4-6-13(11-12)21-10-9-18-16(19)14-7-2-3-8-15(14)17(18)20;18-11-4-3-5-12(10-11)21-9-8-17-15(19)13-6-1-2-7-14(13)16(17)20;16-9-10-17-14-7-4-8-15(11-14)18-12-13-5-2-1-3-6-13;12-6-5-11-9(13)7-3-1-2-4-8(7)10(11)14;1-6-3-2-4-7(8)5-6;8-6-7-4-2-1-3-5-7;2*1-2-3;/h4-6,9-12,15,17H,1-3,7-8,13-14,16H2;2-8,11H,9-10H2,1H3;1-7,10,18H,8-9H2;4,7-8,11,13H,1-3,5-6,9-10,12,16H2;1-4,12H,5-6H2;2-5,8H,1H3;7-8H,1-6H2;3H,2H2,1H3;2H2,1H3;/q;;;;;;;;-1;+1. The molecule has 26 heteroatoms. The van der Waals surface area contributed by atoms with Crippen molar-refractivity contribution in [2.24, 2.45) is 23.5 Å². The summed E-state index contributed by atoms with van der Waals surface area (Å²) in [6.07, 6.45) is 19.7. The summed E-state index contributed by atoms with van der Waals surface area (Å²) in [6.45, 7) is 11.7. The van der Waals surface area contributed by atoms with Gasteiger partial charge < -0.3 is 64.8 Å². The van der Waals surface area contributed by atoms with E-state index < -0.39 is 0 Å². The summed E-state index contributed by atoms with van der Waals surface area (Å²) >= 11 is 0. The topological polar surface area (TPSA) is 355 Å². The predicted molar refractivity (Wildman–Crippen MR) is 471 cm³/mol. The van der Waals surface area contributed by atoms with E-state index in [1.807, 2.05) is 98.8 Å². The quantitative estimate of drug-likeness (QED) is 0.0242. The monoisotopic (exact) mass is 1720 g/mol. The number of carbonyl (C=O) groups excluding carboxylic acids is 8. The molecule has 4 aliphatic heterocycles. The molecule has 4 heterocycles. The van der Waals surface area contributed by atoms with E-state index in [9.17, 15) is 43.5 Å². The number of amides is 8. The molecule has 660 valence electrons. The summed E-state index contributed by atoms with van der Waals surface area (Å²) in [6, 6.07) is 63.8. The molecule has 9 aromatic rings. The Morgan fingerprint density at radius 3 is 0.840 bits per heavy atom. The molecule has 0 bridgehead atoms. The van der Waals surface area contributed by atoms with E-state index >= 15 is 0 Å². The number of phenolic OH excluding ortho intramolecular Hbond substituents is 2. The normalized spacial score (nSPS) is 14.7. The SMILES string of the molecule is CCO.CC[O-].Cc1cccc(O)c1.Cc1cccc(OCCN2C(=O)c3ccccc3C2=O)c1.NCCOc1cccc(OCC2CCCCC2)c1.O=C1c2ccccc2C(=O)N1CCO.O=C1c2ccccc2C(=O)N1CCOc1cccc(O)c1.O=C1c2ccccc2C(=O)N1CCOc1cccc(OCC2CCCCC2)c1.OCC1CCCCC1.[Na+]. The summed E-state index contributed by atoms with van der Waals surface area (Å²) < 4.78 is 34.1. The van der Waals surface area contributed by atoms with Crippen LogP contribution in [0.15, 0.2) is 218 Å². The first-order valence-corrected chi connectivity index (χ1v) is 42.7. The smallest absolute Gasteiger partial charge is 0.855 e. The number of hydrogen-bond donors (Lipinski definition) is 6. The largest absolute Gasteiger partial charge is 1.00 e. The van der Waals surface area contributed by atoms with Gasteiger partial charge in [0.05, 0.1) is 90.5 Å². The van der Waals surface area contributed by atoms with Crippen LogP contribution in [0, 0.1) is 31.6 Å². The van der Waals surface area contributed by atoms with E-state index in [1.165, 1.54) is 123 Å². The number of nitrogens with two attached hydrogens (primary N) is 1. The Labute approximate surface area is 755 Å². The number of rotatable bonds is 24. The number of phenols is 2. The first kappa shape index (κ1) is 101. The van der Waals surface area contributed by atoms with E-state index in [-0.39, 0.29) is 148 Å². The van der Waals surface area contributed by atoms with Crippen LogP contribution in [0.4, 0.5) is 0 Å². The molecule has 16 rings (SSSR count). The van der Waals surface area contributed by atoms with Gasteiger partial charge in [-0.15, -0.1) is 6.61 Å². The Hall–Kier alpha value is -11.3. The molecule has 0 unspecified atom stereocenters. The average molecular weight is 1720 g/mol. The molecule has 25 nitrogen and oxygen atoms in total. The molecule has 0 atom stereocenters. The van der Waals surface area contributed by atoms with E-state index in [0.717, 1.165) is 58.2 Å². The molecule has 3 fully saturated rings. The van der Waals surface area contributed by atoms with Gasteiger partial charge in [0.25, 0.3) is 47.3 Å². The van der Waals surface area contributed by atoms with Crippen molar-refractivity contribution < 1.29 is 127 Å². The summed E-state index contributed by atoms with van der Waals surface area (Å²) in [5.74, 6) is 4.66. The fraction of sp³-hybridized carbons (Fsp3) is 0.374. The van der Waals surface area contributed by atoms with Crippen molar-refractivity contribution >= 4 is 47.3 Å². The first-order chi connectivity index (χ1) is 60.2. The molecule has 9 aromatic carbocycles. The Morgan fingerprint density at radius 2 is 0.576 bits per heavy atom. The number of carbonyl (C=O) groups is 8. The summed E-state index contributed by atoms with van der Waals surface area (Å²) in [7, 11) is 0. The molecule has 3 saturated carbocycles. The summed E-state index contributed by atoms with van der Waals surface area (Å²) in [5.41, 5.74) is 11.2. The molecule has 7 aliphatic rings. The Bertz CT molecular complexity index is 4590. The minimum Gasteiger partial charge on any atom is -0.855 e. The molecular weight excluding hydrogens is 1600 g/mol. The van der Waals surface area contributed by atoms with Gasteiger partial charge in [0.2, 0.25) is 0 Å². The number of ether oxygens (including phenoxy) is 6. The third-order valence-electron chi connectivity index (χ3n) is 20.8. The molecule has 8 amide bonds. The predicted octanol–water partition coefficient (Wildman–Crippen LogP) is 11.9. The van der Waals surface area contributed by atoms with Gasteiger partial charge in [0, 0.05) is 38.0 Å². The van der Waals surface area contributed by atoms with Crippen LogP contribution in [0.1, 0.15) is 204 Å². The van der Waals surface area contributed by atoms with Gasteiger partial charge in [-0.3, -0.25) is 58.0 Å². The van der Waals surface area contributed by atoms with Crippen molar-refractivity contribution in [3.8, 4) is 46.0 Å². The van der Waals surface area contributed by atoms with Crippen LogP contribution in [0.2, 0.25) is 0 Å². The maximum absolute atomic E-state index is 12.4. The summed E-state index contributed by atoms with van der Waals surface area (Å²) in [4.78, 5) is 101. The molecule has 125 heavy (non-hydrogen) atoms. The first-order valence-electron chi connectivity index (χ1n) is 42.7. The van der Waals surface area contributed by atoms with Crippen molar-refractivity contribution in [3.05, 3.63) is 274 Å². The molecular formula is C99H118N5NaO20. The van der Waals surface area contributed by atoms with Gasteiger partial charge in [0.1, 0.15) is 72.4 Å². The molecule has 7 N–H and O–H groups in total. The van der Waals surface area contributed by atoms with E-state index in [0.29, 0.717) is 93.4 Å². The minimum atomic E-state index is -0.320. The van der Waals surface area contributed by atoms with Crippen molar-refractivity contribution in [2.45, 2.75) is 124 Å². The van der Waals surface area contributed by atoms with Crippen molar-refractivity contribution in [2.75, 3.05) is 98.8 Å². The van der Waals surface area contributed by atoms with Gasteiger partial charge >= 0.3 is 29.6 Å². The van der Waals surface area contributed by atoms with Crippen LogP contribution >= 0.6 is 0 Å². The number of hydrogen-bond acceptors (Lipinski definition) is 21. The van der Waals surface area contributed by atoms with Crippen LogP contribution in [0.25, 0.3) is 0 Å². The van der Waals surface area contributed by atoms with E-state index in [4.69, 9.17) is 59.7 Å². The number of β-amino-alcohol motifs (C(OH)–C–C–N with tert-alkyl or cyclic N) is 1. The van der Waals surface area contributed by atoms with Gasteiger partial charge in [-0.2, -0.15) is 0 Å². The molecule has 0 saturated heterocycles. The van der Waals surface area contributed by atoms with Crippen LogP contribution in [0.3, 0.4) is 0 Å². The number of benzene rings is 9. The minimum absolute atomic E-state index is 0. The second-order valence-electron chi connectivity index (χ2n) is 30.2. The van der Waals surface area contributed by atoms with Crippen molar-refractivity contribution in [1.29, 1.82) is 0 Å². The number of aliphatic hydroxyl groups is 3. The van der Waals surface area contributed by atoms with Gasteiger partial charge in [-0.25, -0.2) is 0 Å². The van der Waals surface area contributed by atoms with Crippen LogP contribution < -0.4 is 68.8 Å². The Morgan fingerprint density at radius 1 is 0.328 bits per heavy atom. The van der Waals surface area contributed by atoms with Crippen molar-refractivity contribution in [1.82, 2.24) is 19.6 Å². The second kappa shape index (κ2) is 55.2. The Balaban J connectivity index is 0.000000204. The third kappa shape index (κ3) is 32.0. The zero-order valence-electron chi connectivity index (χ0n) is 72.5. The number of nitrogens with zero attached hydrogens (tertiary/aromatic N) is 4. The zero-order valence-corrected chi connectivity index (χ0v) is 74.5. The fourth-order valence-electron chi connectivity index (χ4n) is 14.5. The van der Waals surface area contributed by atoms with Gasteiger partial charge in [-0.1, -0.05) is 156 Å². The summed E-state index contributed by atoms with van der Waals surface area (Å²) in [5, 5.41) is 52.0. The number of aliphatic hydroxyl groups excluding tert-OH is 3. The molecule has 0 aromatic heterocycles. The fourth-order valence-corrected chi connectivity index (χ4v) is 14.5. The second-order valence-corrected chi connectivity index (χ2v) is 30.2. The number of fused-ring (bicyclic) bond motifs is 4. The number of imide groups is 4. The van der Waals surface area contributed by atoms with E-state index in [1.54, 1.807) is 135 Å². The van der Waals surface area contributed by atoms with Crippen LogP contribution in [-0.2, 0) is 0 Å². The maximum Gasteiger partial charge on any atom is 1.00 e. The van der Waals surface area contributed by atoms with Crippen LogP contribution in [-0.4, -0.2) is 191 Å². The number of aromatic hydroxyl groups is 2. The van der Waals surface area contributed by atoms with E-state index in [2.05, 4.69) is 0 Å². The van der Waals surface area contributed by atoms with Gasteiger partial charge in [-0.05, 0) is 197 Å². The third-order valence-corrected chi connectivity index (χ3v) is 20.8.